The fourth-order valence-corrected chi connectivity index (χ4v) is 2.28. The molecular weight excluding hydrogens is 377 g/mol. The first-order chi connectivity index (χ1) is 11.8. The summed E-state index contributed by atoms with van der Waals surface area (Å²) in [6, 6.07) is 5.40. The lowest BCUT2D eigenvalue weighted by molar-refractivity contribution is 0.0979. The highest BCUT2D eigenvalue weighted by molar-refractivity contribution is 7.95. The van der Waals surface area contributed by atoms with Gasteiger partial charge in [0.1, 0.15) is 29.8 Å². The van der Waals surface area contributed by atoms with Gasteiger partial charge in [-0.2, -0.15) is 0 Å². The van der Waals surface area contributed by atoms with Crippen molar-refractivity contribution in [1.29, 1.82) is 0 Å². The molecule has 1 amide bonds. The first kappa shape index (κ1) is 19.4. The lowest BCUT2D eigenvalue weighted by Gasteiger charge is -2.12. The molecule has 2 aromatic carbocycles. The van der Waals surface area contributed by atoms with Gasteiger partial charge in [0, 0.05) is 23.8 Å². The number of halogens is 4. The number of nitrogens with zero attached hydrogens (tertiary/aromatic N) is 1. The highest BCUT2D eigenvalue weighted by Crippen LogP contribution is 2.22. The number of hydrogen-bond donors (Lipinski definition) is 1. The molecule has 0 fully saturated rings. The lowest BCUT2D eigenvalue weighted by Crippen LogP contribution is -2.22. The summed E-state index contributed by atoms with van der Waals surface area (Å²) >= 11 is 6.49. The minimum absolute atomic E-state index is 0.0736. The van der Waals surface area contributed by atoms with Crippen LogP contribution in [0.2, 0.25) is 5.02 Å². The number of ether oxygens (including phenoxy) is 1. The zero-order chi connectivity index (χ0) is 18.6. The molecule has 0 saturated carbocycles. The maximum absolute atomic E-state index is 14.1. The van der Waals surface area contributed by atoms with Crippen molar-refractivity contribution in [2.24, 2.45) is 0 Å². The molecule has 0 unspecified atom stereocenters. The Labute approximate surface area is 152 Å². The van der Waals surface area contributed by atoms with E-state index in [2.05, 4.69) is 4.72 Å². The molecule has 0 radical (unpaired) electrons. The van der Waals surface area contributed by atoms with Gasteiger partial charge in [-0.1, -0.05) is 11.6 Å². The van der Waals surface area contributed by atoms with Crippen molar-refractivity contribution >= 4 is 29.6 Å². The number of hydrogen-bond acceptors (Lipinski definition) is 4. The normalized spacial score (nSPS) is 10.8. The summed E-state index contributed by atoms with van der Waals surface area (Å²) in [6.45, 7) is -0.335. The van der Waals surface area contributed by atoms with Gasteiger partial charge in [0.15, 0.2) is 0 Å². The summed E-state index contributed by atoms with van der Waals surface area (Å²) in [4.78, 5) is 11.8. The van der Waals surface area contributed by atoms with Crippen LogP contribution in [0.4, 0.5) is 13.2 Å². The number of nitrogens with one attached hydrogen (secondary N) is 1. The molecule has 0 atom stereocenters. The first-order valence-electron chi connectivity index (χ1n) is 6.98. The number of carbonyl (C=O) groups is 1. The third-order valence-corrected chi connectivity index (χ3v) is 3.94. The van der Waals surface area contributed by atoms with Crippen LogP contribution in [0.3, 0.4) is 0 Å². The number of carbonyl (C=O) groups excluding carboxylic acids is 1. The summed E-state index contributed by atoms with van der Waals surface area (Å²) in [5, 5.41) is -0.0736. The predicted molar refractivity (Wildman–Crippen MR) is 90.8 cm³/mol. The van der Waals surface area contributed by atoms with E-state index in [1.165, 1.54) is 12.1 Å². The van der Waals surface area contributed by atoms with E-state index in [1.807, 2.05) is 0 Å². The Morgan fingerprint density at radius 2 is 1.88 bits per heavy atom. The third kappa shape index (κ3) is 5.29. The van der Waals surface area contributed by atoms with Crippen LogP contribution in [0.25, 0.3) is 0 Å². The average molecular weight is 391 g/mol. The fraction of sp³-hybridized carbons (Fsp3) is 0.188. The monoisotopic (exact) mass is 390 g/mol. The van der Waals surface area contributed by atoms with E-state index in [9.17, 15) is 18.0 Å². The second-order valence-corrected chi connectivity index (χ2v) is 6.65. The van der Waals surface area contributed by atoms with Crippen molar-refractivity contribution in [2.75, 3.05) is 14.1 Å². The Bertz CT molecular complexity index is 790. The summed E-state index contributed by atoms with van der Waals surface area (Å²) in [7, 11) is 3.36. The van der Waals surface area contributed by atoms with Crippen LogP contribution >= 0.6 is 23.7 Å². The molecule has 0 heterocycles. The van der Waals surface area contributed by atoms with Crippen LogP contribution in [-0.2, 0) is 6.61 Å². The van der Waals surface area contributed by atoms with Gasteiger partial charge >= 0.3 is 0 Å². The van der Waals surface area contributed by atoms with Crippen LogP contribution in [0, 0.1) is 17.5 Å². The molecule has 0 saturated heterocycles. The number of benzene rings is 2. The van der Waals surface area contributed by atoms with Crippen LogP contribution in [0.5, 0.6) is 5.75 Å². The predicted octanol–water partition coefficient (Wildman–Crippen LogP) is 4.19. The number of rotatable bonds is 6. The van der Waals surface area contributed by atoms with Crippen molar-refractivity contribution in [3.05, 3.63) is 63.9 Å². The highest BCUT2D eigenvalue weighted by atomic mass is 35.5. The minimum atomic E-state index is -0.890. The smallest absolute Gasteiger partial charge is 0.265 e. The molecule has 4 nitrogen and oxygen atoms in total. The van der Waals surface area contributed by atoms with Crippen molar-refractivity contribution in [3.63, 3.8) is 0 Å². The van der Waals surface area contributed by atoms with Crippen molar-refractivity contribution in [2.45, 2.75) is 6.61 Å². The molecule has 0 aliphatic heterocycles. The van der Waals surface area contributed by atoms with Crippen LogP contribution < -0.4 is 9.46 Å². The highest BCUT2D eigenvalue weighted by Gasteiger charge is 2.17. The SMILES string of the molecule is CN(C)SNC(=O)c1cc(F)c(COc2ccc(Cl)c(F)c2)cc1F. The van der Waals surface area contributed by atoms with Crippen LogP contribution in [0.15, 0.2) is 30.3 Å². The Morgan fingerprint density at radius 1 is 1.16 bits per heavy atom. The van der Waals surface area contributed by atoms with Gasteiger partial charge in [-0.25, -0.2) is 17.5 Å². The topological polar surface area (TPSA) is 41.6 Å². The van der Waals surface area contributed by atoms with E-state index < -0.39 is 28.9 Å². The standard InChI is InChI=1S/C16H14ClF3N2O2S/c1-22(2)25-21-16(23)11-7-13(18)9(5-14(11)19)8-24-10-3-4-12(17)15(20)6-10/h3-7H,8H2,1-2H3,(H,21,23). The van der Waals surface area contributed by atoms with E-state index in [0.29, 0.717) is 0 Å². The van der Waals surface area contributed by atoms with E-state index >= 15 is 0 Å². The fourth-order valence-electron chi connectivity index (χ4n) is 1.79. The molecule has 134 valence electrons. The van der Waals surface area contributed by atoms with Crippen molar-refractivity contribution < 1.29 is 22.7 Å². The average Bonchev–Trinajstić information content (AvgIpc) is 2.56. The van der Waals surface area contributed by atoms with Gasteiger partial charge in [-0.3, -0.25) is 9.52 Å². The van der Waals surface area contributed by atoms with Crippen LogP contribution in [0.1, 0.15) is 15.9 Å². The van der Waals surface area contributed by atoms with Crippen molar-refractivity contribution in [1.82, 2.24) is 9.03 Å². The summed E-state index contributed by atoms with van der Waals surface area (Å²) in [5.41, 5.74) is -0.530. The largest absolute Gasteiger partial charge is 0.489 e. The van der Waals surface area contributed by atoms with Gasteiger partial charge in [-0.05, 0) is 38.4 Å². The molecular formula is C16H14ClF3N2O2S. The molecule has 0 aromatic heterocycles. The van der Waals surface area contributed by atoms with E-state index in [4.69, 9.17) is 16.3 Å². The molecule has 2 rings (SSSR count). The van der Waals surface area contributed by atoms with Crippen molar-refractivity contribution in [3.8, 4) is 5.75 Å². The summed E-state index contributed by atoms with van der Waals surface area (Å²) in [5.74, 6) is -3.03. The Balaban J connectivity index is 2.10. The first-order valence-corrected chi connectivity index (χ1v) is 8.13. The quantitative estimate of drug-likeness (QED) is 0.751. The van der Waals surface area contributed by atoms with Gasteiger partial charge in [0.05, 0.1) is 10.6 Å². The molecule has 25 heavy (non-hydrogen) atoms. The Hall–Kier alpha value is -1.90. The number of amides is 1. The molecule has 9 heteroatoms. The third-order valence-electron chi connectivity index (χ3n) is 2.99. The van der Waals surface area contributed by atoms with E-state index in [-0.39, 0.29) is 22.9 Å². The second kappa shape index (κ2) is 8.46. The summed E-state index contributed by atoms with van der Waals surface area (Å²) < 4.78 is 50.7. The Morgan fingerprint density at radius 3 is 2.52 bits per heavy atom. The molecule has 0 spiro atoms. The zero-order valence-electron chi connectivity index (χ0n) is 13.3. The van der Waals surface area contributed by atoms with Gasteiger partial charge in [0.25, 0.3) is 5.91 Å². The molecule has 1 N–H and O–H groups in total. The Kier molecular flexibility index (Phi) is 6.57. The lowest BCUT2D eigenvalue weighted by atomic mass is 10.1. The van der Waals surface area contributed by atoms with E-state index in [1.54, 1.807) is 18.4 Å². The van der Waals surface area contributed by atoms with Gasteiger partial charge in [-0.15, -0.1) is 0 Å². The molecule has 0 bridgehead atoms. The molecule has 0 aliphatic carbocycles. The maximum Gasteiger partial charge on any atom is 0.265 e. The maximum atomic E-state index is 14.1. The minimum Gasteiger partial charge on any atom is -0.489 e. The van der Waals surface area contributed by atoms with E-state index in [0.717, 1.165) is 30.3 Å². The summed E-state index contributed by atoms with van der Waals surface area (Å²) in [6.07, 6.45) is 0. The zero-order valence-corrected chi connectivity index (χ0v) is 14.9. The van der Waals surface area contributed by atoms with Gasteiger partial charge < -0.3 is 4.74 Å². The molecule has 2 aromatic rings. The molecule has 0 aliphatic rings. The van der Waals surface area contributed by atoms with Crippen LogP contribution in [-0.4, -0.2) is 24.3 Å². The second-order valence-electron chi connectivity index (χ2n) is 5.12. The van der Waals surface area contributed by atoms with Gasteiger partial charge in [0.2, 0.25) is 0 Å².